The molecule has 1 aromatic heterocycles. The molecular weight excluding hydrogens is 204 g/mol. The van der Waals surface area contributed by atoms with E-state index in [9.17, 15) is 0 Å². The highest BCUT2D eigenvalue weighted by Crippen LogP contribution is 2.15. The number of rotatable bonds is 2. The molecule has 2 heterocycles. The first-order valence-corrected chi connectivity index (χ1v) is 5.12. The van der Waals surface area contributed by atoms with Gasteiger partial charge in [0, 0.05) is 20.1 Å². The molecule has 0 aromatic carbocycles. The van der Waals surface area contributed by atoms with Gasteiger partial charge in [-0.15, -0.1) is 16.7 Å². The van der Waals surface area contributed by atoms with Crippen LogP contribution in [0.1, 0.15) is 0 Å². The number of morpholine rings is 1. The predicted molar refractivity (Wildman–Crippen MR) is 53.7 cm³/mol. The average molecular weight is 217 g/mol. The molecule has 1 aliphatic rings. The second-order valence-electron chi connectivity index (χ2n) is 3.31. The summed E-state index contributed by atoms with van der Waals surface area (Å²) in [6, 6.07) is 0. The lowest BCUT2D eigenvalue weighted by atomic mass is 10.3. The molecule has 1 fully saturated rings. The van der Waals surface area contributed by atoms with E-state index in [1.807, 2.05) is 7.05 Å². The second-order valence-corrected chi connectivity index (χ2v) is 3.62. The lowest BCUT2D eigenvalue weighted by molar-refractivity contribution is 0.0549. The standard InChI is InChI=1S/C8H13ClN4O/c1-12-8(5-10-11-12)13-2-3-14-7(4-9)6-13/h5,7H,2-4,6H2,1H3. The quantitative estimate of drug-likeness (QED) is 0.666. The Morgan fingerprint density at radius 1 is 1.71 bits per heavy atom. The zero-order chi connectivity index (χ0) is 9.97. The third-order valence-electron chi connectivity index (χ3n) is 2.33. The van der Waals surface area contributed by atoms with Crippen LogP contribution in [0.25, 0.3) is 0 Å². The number of aromatic nitrogens is 3. The summed E-state index contributed by atoms with van der Waals surface area (Å²) in [5.41, 5.74) is 0. The van der Waals surface area contributed by atoms with E-state index in [0.717, 1.165) is 18.9 Å². The molecular formula is C8H13ClN4O. The monoisotopic (exact) mass is 216 g/mol. The van der Waals surface area contributed by atoms with E-state index in [0.29, 0.717) is 12.5 Å². The Balaban J connectivity index is 2.08. The van der Waals surface area contributed by atoms with Crippen LogP contribution in [0.2, 0.25) is 0 Å². The third kappa shape index (κ3) is 1.83. The summed E-state index contributed by atoms with van der Waals surface area (Å²) in [5, 5.41) is 7.74. The van der Waals surface area contributed by atoms with Gasteiger partial charge in [-0.05, 0) is 0 Å². The van der Waals surface area contributed by atoms with Gasteiger partial charge in [-0.25, -0.2) is 4.68 Å². The first-order chi connectivity index (χ1) is 6.81. The molecule has 1 aliphatic heterocycles. The molecule has 1 aromatic rings. The molecule has 0 bridgehead atoms. The summed E-state index contributed by atoms with van der Waals surface area (Å²) in [6.45, 7) is 2.39. The molecule has 2 rings (SSSR count). The molecule has 0 N–H and O–H groups in total. The van der Waals surface area contributed by atoms with Gasteiger partial charge in [0.2, 0.25) is 0 Å². The minimum absolute atomic E-state index is 0.111. The van der Waals surface area contributed by atoms with Gasteiger partial charge in [0.15, 0.2) is 0 Å². The van der Waals surface area contributed by atoms with E-state index in [1.165, 1.54) is 0 Å². The van der Waals surface area contributed by atoms with Crippen LogP contribution in [-0.4, -0.2) is 46.7 Å². The number of hydrogen-bond acceptors (Lipinski definition) is 4. The Labute approximate surface area is 87.6 Å². The molecule has 0 saturated carbocycles. The summed E-state index contributed by atoms with van der Waals surface area (Å²) >= 11 is 5.76. The summed E-state index contributed by atoms with van der Waals surface area (Å²) in [4.78, 5) is 2.19. The minimum Gasteiger partial charge on any atom is -0.373 e. The predicted octanol–water partition coefficient (Wildman–Crippen LogP) is 0.259. The first kappa shape index (κ1) is 9.73. The number of hydrogen-bond donors (Lipinski definition) is 0. The normalized spacial score (nSPS) is 22.7. The van der Waals surface area contributed by atoms with E-state index in [-0.39, 0.29) is 6.10 Å². The lowest BCUT2D eigenvalue weighted by Gasteiger charge is -2.32. The fraction of sp³-hybridized carbons (Fsp3) is 0.750. The number of aryl methyl sites for hydroxylation is 1. The SMILES string of the molecule is Cn1nncc1N1CCOC(CCl)C1. The van der Waals surface area contributed by atoms with Crippen molar-refractivity contribution >= 4 is 17.4 Å². The van der Waals surface area contributed by atoms with Crippen molar-refractivity contribution in [2.75, 3.05) is 30.5 Å². The van der Waals surface area contributed by atoms with Crippen LogP contribution < -0.4 is 4.90 Å². The van der Waals surface area contributed by atoms with Gasteiger partial charge in [0.25, 0.3) is 0 Å². The van der Waals surface area contributed by atoms with E-state index in [4.69, 9.17) is 16.3 Å². The van der Waals surface area contributed by atoms with Gasteiger partial charge in [0.1, 0.15) is 5.82 Å². The molecule has 1 unspecified atom stereocenters. The van der Waals surface area contributed by atoms with Crippen LogP contribution in [0, 0.1) is 0 Å². The molecule has 14 heavy (non-hydrogen) atoms. The van der Waals surface area contributed by atoms with Crippen molar-refractivity contribution in [1.82, 2.24) is 15.0 Å². The topological polar surface area (TPSA) is 43.2 Å². The van der Waals surface area contributed by atoms with Gasteiger partial charge in [-0.2, -0.15) is 0 Å². The zero-order valence-electron chi connectivity index (χ0n) is 8.06. The minimum atomic E-state index is 0.111. The Morgan fingerprint density at radius 3 is 3.21 bits per heavy atom. The van der Waals surface area contributed by atoms with E-state index < -0.39 is 0 Å². The largest absolute Gasteiger partial charge is 0.373 e. The summed E-state index contributed by atoms with van der Waals surface area (Å²) in [6.07, 6.45) is 1.87. The molecule has 0 spiro atoms. The van der Waals surface area contributed by atoms with E-state index >= 15 is 0 Å². The van der Waals surface area contributed by atoms with Crippen molar-refractivity contribution in [2.24, 2.45) is 7.05 Å². The third-order valence-corrected chi connectivity index (χ3v) is 2.67. The molecule has 0 amide bonds. The number of alkyl halides is 1. The molecule has 6 heteroatoms. The van der Waals surface area contributed by atoms with Crippen LogP contribution in [0.3, 0.4) is 0 Å². The molecule has 1 atom stereocenters. The molecule has 1 saturated heterocycles. The van der Waals surface area contributed by atoms with E-state index in [2.05, 4.69) is 15.2 Å². The maximum absolute atomic E-state index is 5.76. The molecule has 5 nitrogen and oxygen atoms in total. The molecule has 0 aliphatic carbocycles. The van der Waals surface area contributed by atoms with Crippen molar-refractivity contribution in [3.63, 3.8) is 0 Å². The smallest absolute Gasteiger partial charge is 0.147 e. The van der Waals surface area contributed by atoms with Crippen molar-refractivity contribution in [3.05, 3.63) is 6.20 Å². The number of halogens is 1. The van der Waals surface area contributed by atoms with Gasteiger partial charge in [-0.3, -0.25) is 0 Å². The molecule has 78 valence electrons. The Morgan fingerprint density at radius 2 is 2.57 bits per heavy atom. The van der Waals surface area contributed by atoms with Gasteiger partial charge in [-0.1, -0.05) is 5.21 Å². The van der Waals surface area contributed by atoms with Crippen LogP contribution in [0.4, 0.5) is 5.82 Å². The Hall–Kier alpha value is -0.810. The highest BCUT2D eigenvalue weighted by Gasteiger charge is 2.21. The van der Waals surface area contributed by atoms with Crippen molar-refractivity contribution in [2.45, 2.75) is 6.10 Å². The maximum Gasteiger partial charge on any atom is 0.147 e. The number of anilines is 1. The lowest BCUT2D eigenvalue weighted by Crippen LogP contribution is -2.44. The Bertz CT molecular complexity index is 303. The van der Waals surface area contributed by atoms with Crippen molar-refractivity contribution in [1.29, 1.82) is 0 Å². The van der Waals surface area contributed by atoms with Crippen LogP contribution in [0.5, 0.6) is 0 Å². The molecule has 0 radical (unpaired) electrons. The summed E-state index contributed by atoms with van der Waals surface area (Å²) in [7, 11) is 1.88. The van der Waals surface area contributed by atoms with Gasteiger partial charge >= 0.3 is 0 Å². The maximum atomic E-state index is 5.76. The van der Waals surface area contributed by atoms with Crippen LogP contribution in [-0.2, 0) is 11.8 Å². The van der Waals surface area contributed by atoms with Crippen LogP contribution in [0.15, 0.2) is 6.20 Å². The first-order valence-electron chi connectivity index (χ1n) is 4.58. The summed E-state index contributed by atoms with van der Waals surface area (Å²) in [5.74, 6) is 1.55. The van der Waals surface area contributed by atoms with Gasteiger partial charge in [0.05, 0.1) is 24.8 Å². The highest BCUT2D eigenvalue weighted by atomic mass is 35.5. The average Bonchev–Trinajstić information content (AvgIpc) is 2.65. The zero-order valence-corrected chi connectivity index (χ0v) is 8.81. The summed E-state index contributed by atoms with van der Waals surface area (Å²) < 4.78 is 7.23. The highest BCUT2D eigenvalue weighted by molar-refractivity contribution is 6.18. The fourth-order valence-corrected chi connectivity index (χ4v) is 1.78. The fourth-order valence-electron chi connectivity index (χ4n) is 1.59. The van der Waals surface area contributed by atoms with Crippen LogP contribution >= 0.6 is 11.6 Å². The second kappa shape index (κ2) is 4.14. The number of nitrogens with zero attached hydrogens (tertiary/aromatic N) is 4. The van der Waals surface area contributed by atoms with Crippen molar-refractivity contribution < 1.29 is 4.74 Å². The van der Waals surface area contributed by atoms with E-state index in [1.54, 1.807) is 10.9 Å². The number of ether oxygens (including phenoxy) is 1. The van der Waals surface area contributed by atoms with Gasteiger partial charge < -0.3 is 9.64 Å². The Kier molecular flexibility index (Phi) is 2.88. The van der Waals surface area contributed by atoms with Crippen molar-refractivity contribution in [3.8, 4) is 0 Å².